The summed E-state index contributed by atoms with van der Waals surface area (Å²) in [7, 11) is -3.41. The number of piperidine rings is 2. The Hall–Kier alpha value is -1.44. The van der Waals surface area contributed by atoms with Crippen molar-refractivity contribution in [1.29, 1.82) is 0 Å². The van der Waals surface area contributed by atoms with Crippen molar-refractivity contribution in [2.24, 2.45) is 5.92 Å². The van der Waals surface area contributed by atoms with Crippen molar-refractivity contribution < 1.29 is 13.2 Å². The van der Waals surface area contributed by atoms with Gasteiger partial charge >= 0.3 is 0 Å². The van der Waals surface area contributed by atoms with Gasteiger partial charge < -0.3 is 10.2 Å². The summed E-state index contributed by atoms with van der Waals surface area (Å²) in [4.78, 5) is 15.0. The summed E-state index contributed by atoms with van der Waals surface area (Å²) in [5.41, 5.74) is 0. The van der Waals surface area contributed by atoms with E-state index in [1.165, 1.54) is 32.4 Å². The number of rotatable bonds is 8. The van der Waals surface area contributed by atoms with Crippen molar-refractivity contribution >= 4 is 15.9 Å². The molecule has 2 aliphatic heterocycles. The molecule has 0 radical (unpaired) electrons. The van der Waals surface area contributed by atoms with Gasteiger partial charge in [-0.05, 0) is 69.8 Å². The summed E-state index contributed by atoms with van der Waals surface area (Å²) in [5, 5.41) is 3.04. The highest BCUT2D eigenvalue weighted by molar-refractivity contribution is 7.89. The fraction of sp³-hybridized carbons (Fsp3) is 0.667. The Bertz CT molecular complexity index is 710. The van der Waals surface area contributed by atoms with Crippen LogP contribution in [0.5, 0.6) is 0 Å². The summed E-state index contributed by atoms with van der Waals surface area (Å²) in [6.45, 7) is 5.16. The molecule has 2 heterocycles. The molecular formula is C21H33N3O3S. The SMILES string of the molecule is O=C(CC1CCN(S(=O)(=O)c2ccccc2)CC1)NCCCN1CCCCC1. The van der Waals surface area contributed by atoms with Gasteiger partial charge in [0.15, 0.2) is 0 Å². The molecule has 1 aromatic carbocycles. The van der Waals surface area contributed by atoms with Crippen LogP contribution in [0.1, 0.15) is 44.9 Å². The van der Waals surface area contributed by atoms with E-state index in [-0.39, 0.29) is 11.8 Å². The second-order valence-electron chi connectivity index (χ2n) is 7.97. The third kappa shape index (κ3) is 6.03. The minimum atomic E-state index is -3.41. The lowest BCUT2D eigenvalue weighted by atomic mass is 9.94. The summed E-state index contributed by atoms with van der Waals surface area (Å²) in [5.74, 6) is 0.368. The first-order valence-corrected chi connectivity index (χ1v) is 12.0. The van der Waals surface area contributed by atoms with E-state index in [4.69, 9.17) is 0 Å². The lowest BCUT2D eigenvalue weighted by molar-refractivity contribution is -0.122. The largest absolute Gasteiger partial charge is 0.356 e. The fourth-order valence-corrected chi connectivity index (χ4v) is 5.63. The van der Waals surface area contributed by atoms with Crippen molar-refractivity contribution in [3.8, 4) is 0 Å². The van der Waals surface area contributed by atoms with Crippen LogP contribution in [-0.4, -0.2) is 62.8 Å². The minimum absolute atomic E-state index is 0.100. The third-order valence-electron chi connectivity index (χ3n) is 5.85. The van der Waals surface area contributed by atoms with E-state index in [1.807, 2.05) is 6.07 Å². The van der Waals surface area contributed by atoms with Gasteiger partial charge in [0.05, 0.1) is 4.90 Å². The predicted molar refractivity (Wildman–Crippen MR) is 110 cm³/mol. The molecule has 28 heavy (non-hydrogen) atoms. The molecule has 1 N–H and O–H groups in total. The van der Waals surface area contributed by atoms with Crippen molar-refractivity contribution in [3.63, 3.8) is 0 Å². The van der Waals surface area contributed by atoms with Crippen LogP contribution in [0.25, 0.3) is 0 Å². The normalized spacial score (nSPS) is 20.1. The predicted octanol–water partition coefficient (Wildman–Crippen LogP) is 2.47. The van der Waals surface area contributed by atoms with Crippen molar-refractivity contribution in [3.05, 3.63) is 30.3 Å². The Morgan fingerprint density at radius 3 is 2.36 bits per heavy atom. The van der Waals surface area contributed by atoms with Gasteiger partial charge in [-0.3, -0.25) is 4.79 Å². The van der Waals surface area contributed by atoms with Crippen molar-refractivity contribution in [2.45, 2.75) is 49.8 Å². The molecule has 0 unspecified atom stereocenters. The number of hydrogen-bond acceptors (Lipinski definition) is 4. The summed E-state index contributed by atoms with van der Waals surface area (Å²) in [6.07, 6.45) is 6.93. The van der Waals surface area contributed by atoms with Gasteiger partial charge in [0.25, 0.3) is 0 Å². The van der Waals surface area contributed by atoms with Gasteiger partial charge in [0.1, 0.15) is 0 Å². The monoisotopic (exact) mass is 407 g/mol. The zero-order chi connectivity index (χ0) is 19.8. The van der Waals surface area contributed by atoms with E-state index in [1.54, 1.807) is 28.6 Å². The van der Waals surface area contributed by atoms with Gasteiger partial charge in [-0.2, -0.15) is 4.31 Å². The number of likely N-dealkylation sites (tertiary alicyclic amines) is 1. The zero-order valence-corrected chi connectivity index (χ0v) is 17.5. The summed E-state index contributed by atoms with van der Waals surface area (Å²) in [6, 6.07) is 8.58. The highest BCUT2D eigenvalue weighted by Gasteiger charge is 2.29. The molecule has 0 spiro atoms. The van der Waals surface area contributed by atoms with E-state index in [2.05, 4.69) is 10.2 Å². The number of carbonyl (C=O) groups excluding carboxylic acids is 1. The molecule has 0 aliphatic carbocycles. The number of carbonyl (C=O) groups is 1. The van der Waals surface area contributed by atoms with Crippen LogP contribution in [0.3, 0.4) is 0 Å². The van der Waals surface area contributed by atoms with Gasteiger partial charge in [-0.15, -0.1) is 0 Å². The quantitative estimate of drug-likeness (QED) is 0.672. The molecule has 6 nitrogen and oxygen atoms in total. The molecule has 156 valence electrons. The maximum atomic E-state index is 12.7. The smallest absolute Gasteiger partial charge is 0.243 e. The molecule has 7 heteroatoms. The molecule has 2 saturated heterocycles. The van der Waals surface area contributed by atoms with Crippen LogP contribution < -0.4 is 5.32 Å². The summed E-state index contributed by atoms with van der Waals surface area (Å²) >= 11 is 0. The second kappa shape index (κ2) is 10.4. The fourth-order valence-electron chi connectivity index (χ4n) is 4.14. The highest BCUT2D eigenvalue weighted by Crippen LogP contribution is 2.25. The molecule has 2 fully saturated rings. The lowest BCUT2D eigenvalue weighted by Crippen LogP contribution is -2.39. The number of sulfonamides is 1. The van der Waals surface area contributed by atoms with E-state index >= 15 is 0 Å². The van der Waals surface area contributed by atoms with Gasteiger partial charge in [-0.25, -0.2) is 8.42 Å². The number of hydrogen-bond donors (Lipinski definition) is 1. The number of nitrogens with zero attached hydrogens (tertiary/aromatic N) is 2. The third-order valence-corrected chi connectivity index (χ3v) is 7.76. The molecule has 0 saturated carbocycles. The Labute approximate surface area is 169 Å². The van der Waals surface area contributed by atoms with Gasteiger partial charge in [0.2, 0.25) is 15.9 Å². The van der Waals surface area contributed by atoms with Crippen LogP contribution in [0, 0.1) is 5.92 Å². The first-order chi connectivity index (χ1) is 13.6. The topological polar surface area (TPSA) is 69.7 Å². The van der Waals surface area contributed by atoms with Gasteiger partial charge in [0, 0.05) is 26.1 Å². The molecule has 2 aliphatic rings. The molecule has 0 aromatic heterocycles. The van der Waals surface area contributed by atoms with E-state index in [0.29, 0.717) is 24.4 Å². The second-order valence-corrected chi connectivity index (χ2v) is 9.91. The minimum Gasteiger partial charge on any atom is -0.356 e. The van der Waals surface area contributed by atoms with Crippen LogP contribution in [-0.2, 0) is 14.8 Å². The number of amides is 1. The van der Waals surface area contributed by atoms with E-state index in [0.717, 1.165) is 32.4 Å². The van der Waals surface area contributed by atoms with Crippen LogP contribution in [0.15, 0.2) is 35.2 Å². The van der Waals surface area contributed by atoms with Gasteiger partial charge in [-0.1, -0.05) is 24.6 Å². The van der Waals surface area contributed by atoms with Crippen molar-refractivity contribution in [2.75, 3.05) is 39.3 Å². The van der Waals surface area contributed by atoms with Crippen LogP contribution in [0.2, 0.25) is 0 Å². The maximum absolute atomic E-state index is 12.7. The number of benzene rings is 1. The molecular weight excluding hydrogens is 374 g/mol. The standard InChI is InChI=1S/C21H33N3O3S/c25-21(22-12-7-15-23-13-5-2-6-14-23)18-19-10-16-24(17-11-19)28(26,27)20-8-3-1-4-9-20/h1,3-4,8-9,19H,2,5-7,10-18H2,(H,22,25). The Morgan fingerprint density at radius 2 is 1.68 bits per heavy atom. The Balaban J connectivity index is 1.34. The molecule has 0 bridgehead atoms. The Kier molecular flexibility index (Phi) is 7.88. The molecule has 1 aromatic rings. The summed E-state index contributed by atoms with van der Waals surface area (Å²) < 4.78 is 26.9. The first-order valence-electron chi connectivity index (χ1n) is 10.6. The average molecular weight is 408 g/mol. The molecule has 3 rings (SSSR count). The van der Waals surface area contributed by atoms with Crippen molar-refractivity contribution in [1.82, 2.24) is 14.5 Å². The van der Waals surface area contributed by atoms with Crippen LogP contribution in [0.4, 0.5) is 0 Å². The maximum Gasteiger partial charge on any atom is 0.243 e. The van der Waals surface area contributed by atoms with E-state index < -0.39 is 10.0 Å². The lowest BCUT2D eigenvalue weighted by Gasteiger charge is -2.31. The molecule has 1 amide bonds. The zero-order valence-electron chi connectivity index (χ0n) is 16.7. The van der Waals surface area contributed by atoms with E-state index in [9.17, 15) is 13.2 Å². The van der Waals surface area contributed by atoms with Crippen LogP contribution >= 0.6 is 0 Å². The number of nitrogens with one attached hydrogen (secondary N) is 1. The Morgan fingerprint density at radius 1 is 1.00 bits per heavy atom. The first kappa shape index (κ1) is 21.3. The molecule has 0 atom stereocenters. The average Bonchev–Trinajstić information content (AvgIpc) is 2.73. The highest BCUT2D eigenvalue weighted by atomic mass is 32.2.